The second-order valence-electron chi connectivity index (χ2n) is 7.31. The van der Waals surface area contributed by atoms with Crippen LogP contribution in [0.15, 0.2) is 18.2 Å². The summed E-state index contributed by atoms with van der Waals surface area (Å²) < 4.78 is 15.6. The molecule has 3 atom stereocenters. The number of nitro benzene ring substituents is 1. The van der Waals surface area contributed by atoms with Crippen LogP contribution in [0.4, 0.5) is 5.69 Å². The molecular weight excluding hydrogens is 380 g/mol. The van der Waals surface area contributed by atoms with Crippen molar-refractivity contribution in [3.05, 3.63) is 33.9 Å². The maximum absolute atomic E-state index is 12.7. The summed E-state index contributed by atoms with van der Waals surface area (Å²) in [6.07, 6.45) is 4.30. The van der Waals surface area contributed by atoms with Crippen LogP contribution in [-0.4, -0.2) is 46.7 Å². The molecule has 9 nitrogen and oxygen atoms in total. The van der Waals surface area contributed by atoms with E-state index >= 15 is 0 Å². The van der Waals surface area contributed by atoms with Crippen molar-refractivity contribution in [3.8, 4) is 11.5 Å². The van der Waals surface area contributed by atoms with E-state index < -0.39 is 17.0 Å². The van der Waals surface area contributed by atoms with Gasteiger partial charge < -0.3 is 19.1 Å². The minimum atomic E-state index is -0.943. The number of carbonyl (C=O) groups excluding carboxylic acids is 2. The summed E-state index contributed by atoms with van der Waals surface area (Å²) in [6, 6.07) is 2.87. The van der Waals surface area contributed by atoms with Gasteiger partial charge in [-0.05, 0) is 52.2 Å². The van der Waals surface area contributed by atoms with Gasteiger partial charge in [-0.3, -0.25) is 14.9 Å². The molecule has 0 radical (unpaired) electrons. The van der Waals surface area contributed by atoms with Gasteiger partial charge in [0.25, 0.3) is 11.6 Å². The number of rotatable bonds is 5. The number of likely N-dealkylation sites (tertiary alicyclic amines) is 1. The quantitative estimate of drug-likeness (QED) is 0.321. The van der Waals surface area contributed by atoms with Crippen molar-refractivity contribution in [2.75, 3.05) is 6.79 Å². The topological polar surface area (TPSA) is 108 Å². The van der Waals surface area contributed by atoms with Crippen LogP contribution in [0.1, 0.15) is 45.6 Å². The lowest BCUT2D eigenvalue weighted by molar-refractivity contribution is -0.385. The Balaban J connectivity index is 1.68. The Kier molecular flexibility index (Phi) is 6.05. The molecule has 0 unspecified atom stereocenters. The van der Waals surface area contributed by atoms with E-state index in [4.69, 9.17) is 14.2 Å². The first-order valence-corrected chi connectivity index (χ1v) is 9.57. The molecule has 0 aliphatic carbocycles. The van der Waals surface area contributed by atoms with Crippen molar-refractivity contribution in [3.63, 3.8) is 0 Å². The highest BCUT2D eigenvalue weighted by Gasteiger charge is 2.33. The lowest BCUT2D eigenvalue weighted by Gasteiger charge is -2.40. The fraction of sp³-hybridized carbons (Fsp3) is 0.500. The van der Waals surface area contributed by atoms with Gasteiger partial charge in [-0.15, -0.1) is 0 Å². The first kappa shape index (κ1) is 20.6. The predicted octanol–water partition coefficient (Wildman–Crippen LogP) is 3.06. The second-order valence-corrected chi connectivity index (χ2v) is 7.31. The normalized spacial score (nSPS) is 21.8. The number of hydrogen-bond donors (Lipinski definition) is 0. The third-order valence-corrected chi connectivity index (χ3v) is 5.21. The zero-order valence-electron chi connectivity index (χ0n) is 16.6. The molecule has 2 aliphatic rings. The average Bonchev–Trinajstić information content (AvgIpc) is 3.12. The number of nitrogens with zero attached hydrogens (tertiary/aromatic N) is 2. The van der Waals surface area contributed by atoms with Gasteiger partial charge in [0.05, 0.1) is 16.6 Å². The van der Waals surface area contributed by atoms with E-state index in [1.165, 1.54) is 25.1 Å². The van der Waals surface area contributed by atoms with Crippen LogP contribution in [-0.2, 0) is 14.3 Å². The highest BCUT2D eigenvalue weighted by molar-refractivity contribution is 5.91. The molecule has 0 spiro atoms. The van der Waals surface area contributed by atoms with Crippen LogP contribution in [0.5, 0.6) is 11.5 Å². The van der Waals surface area contributed by atoms with E-state index in [0.717, 1.165) is 25.3 Å². The first-order valence-electron chi connectivity index (χ1n) is 9.57. The summed E-state index contributed by atoms with van der Waals surface area (Å²) >= 11 is 0. The third kappa shape index (κ3) is 4.49. The molecule has 2 heterocycles. The number of ether oxygens (including phenoxy) is 3. The molecule has 1 aromatic rings. The molecule has 0 saturated carbocycles. The number of amides is 1. The molecule has 9 heteroatoms. The van der Waals surface area contributed by atoms with Gasteiger partial charge in [0.1, 0.15) is 0 Å². The van der Waals surface area contributed by atoms with E-state index in [0.29, 0.717) is 5.75 Å². The van der Waals surface area contributed by atoms with Crippen LogP contribution < -0.4 is 9.47 Å². The Morgan fingerprint density at radius 1 is 1.24 bits per heavy atom. The number of carbonyl (C=O) groups is 2. The van der Waals surface area contributed by atoms with Crippen molar-refractivity contribution in [2.24, 2.45) is 0 Å². The number of piperidine rings is 1. The molecule has 1 fully saturated rings. The molecule has 1 aromatic carbocycles. The van der Waals surface area contributed by atoms with Crippen LogP contribution in [0.2, 0.25) is 0 Å². The second kappa shape index (κ2) is 8.50. The van der Waals surface area contributed by atoms with Crippen LogP contribution in [0, 0.1) is 10.1 Å². The molecule has 2 aliphatic heterocycles. The molecule has 1 saturated heterocycles. The summed E-state index contributed by atoms with van der Waals surface area (Å²) in [4.78, 5) is 37.4. The highest BCUT2D eigenvalue weighted by Crippen LogP contribution is 2.38. The SMILES string of the molecule is C[C@@H]1CCC[C@@H](C)N1C(=O)[C@@H](C)OC(=O)/C=C/c1cc2c(cc1[N+](=O)[O-])OCO2. The molecule has 0 bridgehead atoms. The molecule has 0 aromatic heterocycles. The molecule has 3 rings (SSSR count). The summed E-state index contributed by atoms with van der Waals surface area (Å²) in [5, 5.41) is 11.3. The molecule has 0 N–H and O–H groups in total. The van der Waals surface area contributed by atoms with Gasteiger partial charge in [0, 0.05) is 18.2 Å². The van der Waals surface area contributed by atoms with Gasteiger partial charge in [0.15, 0.2) is 17.6 Å². The smallest absolute Gasteiger partial charge is 0.331 e. The number of benzene rings is 1. The fourth-order valence-corrected chi connectivity index (χ4v) is 3.73. The van der Waals surface area contributed by atoms with E-state index in [9.17, 15) is 19.7 Å². The van der Waals surface area contributed by atoms with Crippen molar-refractivity contribution in [1.29, 1.82) is 0 Å². The Morgan fingerprint density at radius 3 is 2.48 bits per heavy atom. The van der Waals surface area contributed by atoms with E-state index in [1.54, 1.807) is 4.90 Å². The Bertz CT molecular complexity index is 841. The number of nitro groups is 1. The fourth-order valence-electron chi connectivity index (χ4n) is 3.73. The maximum Gasteiger partial charge on any atom is 0.331 e. The monoisotopic (exact) mass is 404 g/mol. The van der Waals surface area contributed by atoms with Gasteiger partial charge in [-0.25, -0.2) is 4.79 Å². The van der Waals surface area contributed by atoms with Crippen LogP contribution in [0.3, 0.4) is 0 Å². The largest absolute Gasteiger partial charge is 0.454 e. The lowest BCUT2D eigenvalue weighted by Crippen LogP contribution is -2.51. The molecular formula is C20H24N2O7. The predicted molar refractivity (Wildman–Crippen MR) is 103 cm³/mol. The Hall–Kier alpha value is -3.10. The number of fused-ring (bicyclic) bond motifs is 1. The van der Waals surface area contributed by atoms with Crippen molar-refractivity contribution >= 4 is 23.6 Å². The van der Waals surface area contributed by atoms with E-state index in [2.05, 4.69) is 0 Å². The zero-order valence-corrected chi connectivity index (χ0v) is 16.6. The maximum atomic E-state index is 12.7. The molecule has 29 heavy (non-hydrogen) atoms. The molecule has 1 amide bonds. The first-order chi connectivity index (χ1) is 13.8. The van der Waals surface area contributed by atoms with E-state index in [1.807, 2.05) is 13.8 Å². The van der Waals surface area contributed by atoms with Crippen LogP contribution >= 0.6 is 0 Å². The van der Waals surface area contributed by atoms with E-state index in [-0.39, 0.29) is 41.8 Å². The standard InChI is InChI=1S/C20H24N2O7/c1-12-5-4-6-13(2)21(12)20(24)14(3)29-19(23)8-7-15-9-17-18(28-11-27-17)10-16(15)22(25)26/h7-10,12-14H,4-6,11H2,1-3H3/b8-7+/t12-,13-,14-/m1/s1. The highest BCUT2D eigenvalue weighted by atomic mass is 16.7. The summed E-state index contributed by atoms with van der Waals surface area (Å²) in [5.74, 6) is -0.351. The number of esters is 1. The minimum Gasteiger partial charge on any atom is -0.454 e. The average molecular weight is 404 g/mol. The van der Waals surface area contributed by atoms with Gasteiger partial charge in [0.2, 0.25) is 6.79 Å². The summed E-state index contributed by atoms with van der Waals surface area (Å²) in [5.41, 5.74) is -0.0492. The van der Waals surface area contributed by atoms with Crippen molar-refractivity contribution in [2.45, 2.75) is 58.2 Å². The van der Waals surface area contributed by atoms with Gasteiger partial charge in [-0.2, -0.15) is 0 Å². The van der Waals surface area contributed by atoms with Gasteiger partial charge >= 0.3 is 5.97 Å². The van der Waals surface area contributed by atoms with Crippen LogP contribution in [0.25, 0.3) is 6.08 Å². The third-order valence-electron chi connectivity index (χ3n) is 5.21. The van der Waals surface area contributed by atoms with Crippen molar-refractivity contribution in [1.82, 2.24) is 4.90 Å². The molecule has 156 valence electrons. The summed E-state index contributed by atoms with van der Waals surface area (Å²) in [6.45, 7) is 5.49. The Labute approximate surface area is 168 Å². The van der Waals surface area contributed by atoms with Gasteiger partial charge in [-0.1, -0.05) is 0 Å². The number of hydrogen-bond acceptors (Lipinski definition) is 7. The Morgan fingerprint density at radius 2 is 1.86 bits per heavy atom. The summed E-state index contributed by atoms with van der Waals surface area (Å²) in [7, 11) is 0. The van der Waals surface area contributed by atoms with Crippen molar-refractivity contribution < 1.29 is 28.7 Å². The minimum absolute atomic E-state index is 0.0192. The zero-order chi connectivity index (χ0) is 21.1. The lowest BCUT2D eigenvalue weighted by atomic mass is 9.97.